The molecular formula is C72H77N3O13. The van der Waals surface area contributed by atoms with E-state index in [0.29, 0.717) is 5.75 Å². The molecule has 0 bridgehead atoms. The molecule has 2 aliphatic rings. The van der Waals surface area contributed by atoms with Crippen molar-refractivity contribution in [3.63, 3.8) is 0 Å². The van der Waals surface area contributed by atoms with Crippen molar-refractivity contribution in [1.29, 1.82) is 0 Å². The van der Waals surface area contributed by atoms with E-state index >= 15 is 0 Å². The number of aliphatic hydroxyl groups is 1. The molecule has 10 rings (SSSR count). The SMILES string of the molecule is COc1ccc(CO[C@H]2[C@H](OC[C@@H](CO)N=[N+]=[N-])[C@@H](OCc3ccccc3)[C@H](OCc3ccccc3)[C@@H](OCc3ccccc3)[C@H]2O[C@H]2O[C@H](COCc3ccccc3)[C@@H](OCc3ccccc3)[C@H](OCc3ccccc3)[C@@H]2OCc2ccccc2)cc1. The van der Waals surface area contributed by atoms with E-state index < -0.39 is 80.0 Å². The van der Waals surface area contributed by atoms with Crippen molar-refractivity contribution >= 4 is 0 Å². The van der Waals surface area contributed by atoms with Crippen molar-refractivity contribution < 1.29 is 61.9 Å². The number of hydrogen-bond acceptors (Lipinski definition) is 14. The van der Waals surface area contributed by atoms with Gasteiger partial charge >= 0.3 is 0 Å². The minimum Gasteiger partial charge on any atom is -0.497 e. The van der Waals surface area contributed by atoms with Crippen LogP contribution in [0.5, 0.6) is 5.75 Å². The van der Waals surface area contributed by atoms with Gasteiger partial charge in [-0.05, 0) is 62.2 Å². The summed E-state index contributed by atoms with van der Waals surface area (Å²) in [6.07, 6.45) is -11.0. The Kier molecular flexibility index (Phi) is 24.7. The molecule has 0 spiro atoms. The second kappa shape index (κ2) is 34.2. The molecule has 2 fully saturated rings. The van der Waals surface area contributed by atoms with E-state index in [1.807, 2.05) is 237 Å². The van der Waals surface area contributed by atoms with E-state index in [0.717, 1.165) is 44.5 Å². The molecule has 1 aliphatic heterocycles. The highest BCUT2D eigenvalue weighted by Crippen LogP contribution is 2.40. The number of methoxy groups -OCH3 is 1. The van der Waals surface area contributed by atoms with Crippen LogP contribution in [0.2, 0.25) is 0 Å². The summed E-state index contributed by atoms with van der Waals surface area (Å²) in [5, 5.41) is 14.6. The van der Waals surface area contributed by atoms with E-state index in [2.05, 4.69) is 10.0 Å². The van der Waals surface area contributed by atoms with Crippen LogP contribution in [0.4, 0.5) is 0 Å². The Morgan fingerprint density at radius 1 is 0.386 bits per heavy atom. The monoisotopic (exact) mass is 1190 g/mol. The minimum atomic E-state index is -1.27. The predicted molar refractivity (Wildman–Crippen MR) is 331 cm³/mol. The van der Waals surface area contributed by atoms with E-state index in [1.165, 1.54) is 0 Å². The second-order valence-corrected chi connectivity index (χ2v) is 21.7. The molecule has 1 saturated carbocycles. The number of azide groups is 1. The van der Waals surface area contributed by atoms with Gasteiger partial charge in [0.1, 0.15) is 66.8 Å². The van der Waals surface area contributed by atoms with Gasteiger partial charge in [-0.2, -0.15) is 0 Å². The van der Waals surface area contributed by atoms with Crippen LogP contribution in [0.3, 0.4) is 0 Å². The lowest BCUT2D eigenvalue weighted by molar-refractivity contribution is -0.366. The summed E-state index contributed by atoms with van der Waals surface area (Å²) in [7, 11) is 1.62. The van der Waals surface area contributed by atoms with Gasteiger partial charge in [0.05, 0.1) is 85.8 Å². The highest BCUT2D eigenvalue weighted by molar-refractivity contribution is 5.27. The van der Waals surface area contributed by atoms with Gasteiger partial charge < -0.3 is 61.9 Å². The number of rotatable bonds is 33. The van der Waals surface area contributed by atoms with Crippen LogP contribution in [0.25, 0.3) is 10.4 Å². The Morgan fingerprint density at radius 3 is 1.05 bits per heavy atom. The normalized spacial score (nSPS) is 23.0. The van der Waals surface area contributed by atoms with E-state index in [9.17, 15) is 10.6 Å². The number of nitrogens with zero attached hydrogens (tertiary/aromatic N) is 3. The van der Waals surface area contributed by atoms with Crippen LogP contribution < -0.4 is 4.74 Å². The molecule has 1 N–H and O–H groups in total. The van der Waals surface area contributed by atoms with Gasteiger partial charge in [-0.3, -0.25) is 0 Å². The fourth-order valence-electron chi connectivity index (χ4n) is 10.9. The third-order valence-electron chi connectivity index (χ3n) is 15.4. The fraction of sp³-hybridized carbons (Fsp3) is 0.333. The molecule has 0 amide bonds. The number of hydrogen-bond donors (Lipinski definition) is 1. The number of benzene rings is 8. The Hall–Kier alpha value is -7.61. The molecule has 0 aromatic heterocycles. The average Bonchev–Trinajstić information content (AvgIpc) is 1.02. The summed E-state index contributed by atoms with van der Waals surface area (Å²) >= 11 is 0. The number of ether oxygens (including phenoxy) is 12. The van der Waals surface area contributed by atoms with E-state index in [4.69, 9.17) is 56.8 Å². The first-order valence-corrected chi connectivity index (χ1v) is 29.9. The molecule has 458 valence electrons. The Morgan fingerprint density at radius 2 is 0.693 bits per heavy atom. The topological polar surface area (TPSA) is 180 Å². The molecule has 1 aliphatic carbocycles. The average molecular weight is 1190 g/mol. The molecular weight excluding hydrogens is 1110 g/mol. The maximum atomic E-state index is 10.6. The zero-order chi connectivity index (χ0) is 60.4. The molecule has 1 heterocycles. The molecule has 16 nitrogen and oxygen atoms in total. The first kappa shape index (κ1) is 63.4. The Balaban J connectivity index is 1.13. The zero-order valence-corrected chi connectivity index (χ0v) is 49.4. The van der Waals surface area contributed by atoms with Gasteiger partial charge in [0.15, 0.2) is 6.29 Å². The molecule has 0 radical (unpaired) electrons. The van der Waals surface area contributed by atoms with Gasteiger partial charge in [0.2, 0.25) is 0 Å². The lowest BCUT2D eigenvalue weighted by atomic mass is 9.83. The summed E-state index contributed by atoms with van der Waals surface area (Å²) in [5.41, 5.74) is 17.0. The van der Waals surface area contributed by atoms with Crippen molar-refractivity contribution in [3.05, 3.63) is 292 Å². The molecule has 0 unspecified atom stereocenters. The van der Waals surface area contributed by atoms with E-state index in [-0.39, 0.29) is 66.1 Å². The largest absolute Gasteiger partial charge is 0.497 e. The van der Waals surface area contributed by atoms with Crippen LogP contribution in [-0.2, 0) is 105 Å². The third kappa shape index (κ3) is 18.5. The zero-order valence-electron chi connectivity index (χ0n) is 49.4. The maximum absolute atomic E-state index is 10.6. The molecule has 12 atom stereocenters. The van der Waals surface area contributed by atoms with Crippen LogP contribution in [-0.4, -0.2) is 105 Å². The minimum absolute atomic E-state index is 0.0497. The smallest absolute Gasteiger partial charge is 0.187 e. The molecule has 88 heavy (non-hydrogen) atoms. The third-order valence-corrected chi connectivity index (χ3v) is 15.4. The predicted octanol–water partition coefficient (Wildman–Crippen LogP) is 12.5. The van der Waals surface area contributed by atoms with Crippen LogP contribution in [0, 0.1) is 0 Å². The van der Waals surface area contributed by atoms with Crippen LogP contribution >= 0.6 is 0 Å². The van der Waals surface area contributed by atoms with Crippen LogP contribution in [0.15, 0.2) is 242 Å². The summed E-state index contributed by atoms with van der Waals surface area (Å²) in [5.74, 6) is 0.674. The quantitative estimate of drug-likeness (QED) is 0.0233. The van der Waals surface area contributed by atoms with Crippen molar-refractivity contribution in [2.24, 2.45) is 5.11 Å². The lowest BCUT2D eigenvalue weighted by Gasteiger charge is -2.52. The van der Waals surface area contributed by atoms with Crippen molar-refractivity contribution in [1.82, 2.24) is 0 Å². The number of aliphatic hydroxyl groups excluding tert-OH is 1. The first-order valence-electron chi connectivity index (χ1n) is 29.9. The highest BCUT2D eigenvalue weighted by atomic mass is 16.7. The summed E-state index contributed by atoms with van der Waals surface area (Å²) in [6, 6.07) is 76.0. The van der Waals surface area contributed by atoms with Crippen molar-refractivity contribution in [2.75, 3.05) is 26.9 Å². The summed E-state index contributed by atoms with van der Waals surface area (Å²) < 4.78 is 85.0. The second-order valence-electron chi connectivity index (χ2n) is 21.7. The standard InChI is InChI=1S/C72H77N3O13/c1-77-61-39-37-59(38-40-61)49-84-69-67(86-50-60(41-76)74-75-73)65(81-45-55-29-15-5-16-30-55)66(82-46-56-31-17-6-18-32-56)68(83-47-57-33-19-7-20-34-57)70(69)88-72-71(85-48-58-35-21-8-22-36-58)64(80-44-54-27-13-4-14-28-54)63(79-43-53-25-11-3-12-26-53)62(87-72)51-78-42-52-23-9-2-10-24-52/h2-40,60,62-72,76H,41-51H2,1H3/t60-,62-,63-,64+,65+,66+,67-,68-,69+,70-,71+,72-/m1/s1. The van der Waals surface area contributed by atoms with Gasteiger partial charge in [0, 0.05) is 4.91 Å². The summed E-state index contributed by atoms with van der Waals surface area (Å²) in [4.78, 5) is 3.06. The molecule has 8 aromatic carbocycles. The van der Waals surface area contributed by atoms with Gasteiger partial charge in [0.25, 0.3) is 0 Å². The molecule has 1 saturated heterocycles. The first-order chi connectivity index (χ1) is 43.5. The van der Waals surface area contributed by atoms with E-state index in [1.54, 1.807) is 7.11 Å². The molecule has 16 heteroatoms. The maximum Gasteiger partial charge on any atom is 0.187 e. The highest BCUT2D eigenvalue weighted by Gasteiger charge is 2.58. The van der Waals surface area contributed by atoms with Crippen molar-refractivity contribution in [3.8, 4) is 5.75 Å². The van der Waals surface area contributed by atoms with Gasteiger partial charge in [-0.1, -0.05) is 230 Å². The summed E-state index contributed by atoms with van der Waals surface area (Å²) in [6.45, 7) is 0.613. The Bertz CT molecular complexity index is 3250. The van der Waals surface area contributed by atoms with Crippen molar-refractivity contribution in [2.45, 2.75) is 126 Å². The molecule has 8 aromatic rings. The Labute approximate surface area is 515 Å². The lowest BCUT2D eigenvalue weighted by Crippen LogP contribution is -2.70. The van der Waals surface area contributed by atoms with Gasteiger partial charge in [-0.15, -0.1) is 0 Å². The van der Waals surface area contributed by atoms with Crippen LogP contribution in [0.1, 0.15) is 44.5 Å². The van der Waals surface area contributed by atoms with Gasteiger partial charge in [-0.25, -0.2) is 0 Å². The fourth-order valence-corrected chi connectivity index (χ4v) is 10.9.